The van der Waals surface area contributed by atoms with Gasteiger partial charge in [-0.25, -0.2) is 0 Å². The SMILES string of the molecule is CN(C)CC(=O)N1CCCNCC1.Cl.Cl. The molecule has 0 radical (unpaired) electrons. The highest BCUT2D eigenvalue weighted by Crippen LogP contribution is 1.96. The molecular formula is C9H21Cl2N3O. The fraction of sp³-hybridized carbons (Fsp3) is 0.889. The average molecular weight is 258 g/mol. The van der Waals surface area contributed by atoms with E-state index in [9.17, 15) is 4.79 Å². The van der Waals surface area contributed by atoms with E-state index in [4.69, 9.17) is 0 Å². The Balaban J connectivity index is 0. The topological polar surface area (TPSA) is 35.6 Å². The van der Waals surface area contributed by atoms with Gasteiger partial charge in [0.05, 0.1) is 6.54 Å². The molecule has 6 heteroatoms. The zero-order valence-electron chi connectivity index (χ0n) is 9.36. The van der Waals surface area contributed by atoms with Crippen LogP contribution in [0.2, 0.25) is 0 Å². The van der Waals surface area contributed by atoms with Crippen molar-refractivity contribution < 1.29 is 4.79 Å². The summed E-state index contributed by atoms with van der Waals surface area (Å²) in [6.07, 6.45) is 1.07. The van der Waals surface area contributed by atoms with Crippen LogP contribution in [0.25, 0.3) is 0 Å². The van der Waals surface area contributed by atoms with E-state index in [2.05, 4.69) is 5.32 Å². The van der Waals surface area contributed by atoms with Crippen LogP contribution in [0.1, 0.15) is 6.42 Å². The summed E-state index contributed by atoms with van der Waals surface area (Å²) in [5.74, 6) is 0.244. The van der Waals surface area contributed by atoms with Crippen molar-refractivity contribution in [2.75, 3.05) is 46.8 Å². The number of halogens is 2. The first-order chi connectivity index (χ1) is 6.20. The third kappa shape index (κ3) is 6.95. The molecule has 0 aliphatic carbocycles. The summed E-state index contributed by atoms with van der Waals surface area (Å²) in [7, 11) is 3.85. The molecule has 1 fully saturated rings. The van der Waals surface area contributed by atoms with Gasteiger partial charge in [-0.2, -0.15) is 0 Å². The zero-order valence-corrected chi connectivity index (χ0v) is 11.0. The van der Waals surface area contributed by atoms with Crippen LogP contribution in [0, 0.1) is 0 Å². The van der Waals surface area contributed by atoms with E-state index in [0.717, 1.165) is 32.6 Å². The minimum absolute atomic E-state index is 0. The maximum absolute atomic E-state index is 11.6. The van der Waals surface area contributed by atoms with Crippen molar-refractivity contribution in [3.05, 3.63) is 0 Å². The summed E-state index contributed by atoms with van der Waals surface area (Å²) >= 11 is 0. The normalized spacial score (nSPS) is 16.3. The van der Waals surface area contributed by atoms with Crippen LogP contribution in [0.15, 0.2) is 0 Å². The third-order valence-corrected chi connectivity index (χ3v) is 2.14. The Morgan fingerprint density at radius 3 is 2.53 bits per heavy atom. The van der Waals surface area contributed by atoms with Gasteiger partial charge in [0, 0.05) is 19.6 Å². The molecule has 1 N–H and O–H groups in total. The lowest BCUT2D eigenvalue weighted by atomic mass is 10.3. The minimum atomic E-state index is 0. The average Bonchev–Trinajstić information content (AvgIpc) is 2.29. The summed E-state index contributed by atoms with van der Waals surface area (Å²) in [6, 6.07) is 0. The van der Waals surface area contributed by atoms with Gasteiger partial charge >= 0.3 is 0 Å². The molecule has 92 valence electrons. The quantitative estimate of drug-likeness (QED) is 0.769. The van der Waals surface area contributed by atoms with E-state index in [0.29, 0.717) is 6.54 Å². The van der Waals surface area contributed by atoms with Gasteiger partial charge in [-0.15, -0.1) is 24.8 Å². The molecule has 4 nitrogen and oxygen atoms in total. The summed E-state index contributed by atoms with van der Waals surface area (Å²) in [5.41, 5.74) is 0. The van der Waals surface area contributed by atoms with Crippen molar-refractivity contribution in [3.63, 3.8) is 0 Å². The Labute approximate surface area is 104 Å². The lowest BCUT2D eigenvalue weighted by molar-refractivity contribution is -0.131. The number of likely N-dealkylation sites (N-methyl/N-ethyl adjacent to an activating group) is 1. The van der Waals surface area contributed by atoms with Crippen LogP contribution in [-0.4, -0.2) is 62.5 Å². The van der Waals surface area contributed by atoms with Gasteiger partial charge in [-0.3, -0.25) is 4.79 Å². The molecule has 0 unspecified atom stereocenters. The predicted molar refractivity (Wildman–Crippen MR) is 67.1 cm³/mol. The zero-order chi connectivity index (χ0) is 9.68. The van der Waals surface area contributed by atoms with E-state index in [1.807, 2.05) is 23.9 Å². The molecule has 1 rings (SSSR count). The minimum Gasteiger partial charge on any atom is -0.340 e. The van der Waals surface area contributed by atoms with Crippen LogP contribution < -0.4 is 5.32 Å². The van der Waals surface area contributed by atoms with Gasteiger partial charge in [-0.05, 0) is 27.1 Å². The van der Waals surface area contributed by atoms with E-state index >= 15 is 0 Å². The highest BCUT2D eigenvalue weighted by atomic mass is 35.5. The van der Waals surface area contributed by atoms with Crippen molar-refractivity contribution in [2.24, 2.45) is 0 Å². The van der Waals surface area contributed by atoms with Crippen molar-refractivity contribution in [1.29, 1.82) is 0 Å². The molecule has 1 saturated heterocycles. The molecule has 1 heterocycles. The van der Waals surface area contributed by atoms with Crippen molar-refractivity contribution in [1.82, 2.24) is 15.1 Å². The van der Waals surface area contributed by atoms with Gasteiger partial charge < -0.3 is 15.1 Å². The maximum Gasteiger partial charge on any atom is 0.236 e. The molecule has 1 amide bonds. The summed E-state index contributed by atoms with van der Waals surface area (Å²) in [5, 5.41) is 3.28. The fourth-order valence-electron chi connectivity index (χ4n) is 1.47. The number of carbonyl (C=O) groups is 1. The van der Waals surface area contributed by atoms with Crippen molar-refractivity contribution >= 4 is 30.7 Å². The molecule has 0 saturated carbocycles. The molecule has 0 aromatic rings. The second kappa shape index (κ2) is 9.21. The predicted octanol–water partition coefficient (Wildman–Crippen LogP) is 0.213. The lowest BCUT2D eigenvalue weighted by Crippen LogP contribution is -2.39. The van der Waals surface area contributed by atoms with E-state index < -0.39 is 0 Å². The molecule has 15 heavy (non-hydrogen) atoms. The smallest absolute Gasteiger partial charge is 0.236 e. The molecular weight excluding hydrogens is 237 g/mol. The molecule has 0 aromatic heterocycles. The third-order valence-electron chi connectivity index (χ3n) is 2.14. The Kier molecular flexibility index (Phi) is 10.7. The summed E-state index contributed by atoms with van der Waals surface area (Å²) in [6.45, 7) is 4.25. The largest absolute Gasteiger partial charge is 0.340 e. The van der Waals surface area contributed by atoms with Crippen LogP contribution in [0.4, 0.5) is 0 Å². The van der Waals surface area contributed by atoms with Crippen LogP contribution >= 0.6 is 24.8 Å². The van der Waals surface area contributed by atoms with Crippen LogP contribution in [-0.2, 0) is 4.79 Å². The van der Waals surface area contributed by atoms with Crippen LogP contribution in [0.3, 0.4) is 0 Å². The van der Waals surface area contributed by atoms with Gasteiger partial charge in [0.15, 0.2) is 0 Å². The molecule has 1 aliphatic rings. The maximum atomic E-state index is 11.6. The first-order valence-electron chi connectivity index (χ1n) is 4.83. The fourth-order valence-corrected chi connectivity index (χ4v) is 1.47. The molecule has 0 atom stereocenters. The molecule has 0 spiro atoms. The highest BCUT2D eigenvalue weighted by Gasteiger charge is 2.14. The Morgan fingerprint density at radius 1 is 1.27 bits per heavy atom. The highest BCUT2D eigenvalue weighted by molar-refractivity contribution is 5.85. The molecule has 0 bridgehead atoms. The summed E-state index contributed by atoms with van der Waals surface area (Å²) < 4.78 is 0. The lowest BCUT2D eigenvalue weighted by Gasteiger charge is -2.21. The number of nitrogens with zero attached hydrogens (tertiary/aromatic N) is 2. The monoisotopic (exact) mass is 257 g/mol. The first-order valence-corrected chi connectivity index (χ1v) is 4.83. The number of nitrogens with one attached hydrogen (secondary N) is 1. The van der Waals surface area contributed by atoms with Gasteiger partial charge in [0.1, 0.15) is 0 Å². The standard InChI is InChI=1S/C9H19N3O.2ClH/c1-11(2)8-9(13)12-6-3-4-10-5-7-12;;/h10H,3-8H2,1-2H3;2*1H. The Hall–Kier alpha value is -0.0300. The Morgan fingerprint density at radius 2 is 1.93 bits per heavy atom. The van der Waals surface area contributed by atoms with Gasteiger partial charge in [0.2, 0.25) is 5.91 Å². The van der Waals surface area contributed by atoms with E-state index in [1.165, 1.54) is 0 Å². The molecule has 1 aliphatic heterocycles. The second-order valence-corrected chi connectivity index (χ2v) is 3.72. The molecule has 0 aromatic carbocycles. The number of hydrogen-bond acceptors (Lipinski definition) is 3. The second-order valence-electron chi connectivity index (χ2n) is 3.72. The number of rotatable bonds is 2. The van der Waals surface area contributed by atoms with Gasteiger partial charge in [0.25, 0.3) is 0 Å². The first kappa shape index (κ1) is 17.4. The number of carbonyl (C=O) groups excluding carboxylic acids is 1. The van der Waals surface area contributed by atoms with E-state index in [-0.39, 0.29) is 30.7 Å². The Bertz CT molecular complexity index is 171. The van der Waals surface area contributed by atoms with Gasteiger partial charge in [-0.1, -0.05) is 0 Å². The number of hydrogen-bond donors (Lipinski definition) is 1. The van der Waals surface area contributed by atoms with Crippen molar-refractivity contribution in [3.8, 4) is 0 Å². The number of amides is 1. The summed E-state index contributed by atoms with van der Waals surface area (Å²) in [4.78, 5) is 15.5. The van der Waals surface area contributed by atoms with Crippen LogP contribution in [0.5, 0.6) is 0 Å². The van der Waals surface area contributed by atoms with Crippen molar-refractivity contribution in [2.45, 2.75) is 6.42 Å². The van der Waals surface area contributed by atoms with E-state index in [1.54, 1.807) is 0 Å².